The number of benzene rings is 1. The summed E-state index contributed by atoms with van der Waals surface area (Å²) in [4.78, 5) is 8.99. The van der Waals surface area contributed by atoms with Gasteiger partial charge in [-0.3, -0.25) is 0 Å². The van der Waals surface area contributed by atoms with Gasteiger partial charge < -0.3 is 9.80 Å². The first-order valence-corrected chi connectivity index (χ1v) is 8.75. The molecule has 2 N–H and O–H groups in total. The second-order valence-electron chi connectivity index (χ2n) is 5.99. The number of hydrazine groups is 1. The number of hydrogen-bond acceptors (Lipinski definition) is 9. The fourth-order valence-corrected chi connectivity index (χ4v) is 3.46. The van der Waals surface area contributed by atoms with Gasteiger partial charge in [0, 0.05) is 31.3 Å². The van der Waals surface area contributed by atoms with E-state index in [0.717, 1.165) is 32.9 Å². The Morgan fingerprint density at radius 2 is 2.00 bits per heavy atom. The van der Waals surface area contributed by atoms with E-state index in [-0.39, 0.29) is 11.4 Å². The van der Waals surface area contributed by atoms with Crippen LogP contribution in [0.1, 0.15) is 6.42 Å². The lowest BCUT2D eigenvalue weighted by atomic mass is 10.2. The van der Waals surface area contributed by atoms with Gasteiger partial charge in [0.2, 0.25) is 0 Å². The summed E-state index contributed by atoms with van der Waals surface area (Å²) in [5.74, 6) is 4.49. The van der Waals surface area contributed by atoms with E-state index in [0.29, 0.717) is 19.1 Å². The van der Waals surface area contributed by atoms with Crippen LogP contribution in [0.3, 0.4) is 0 Å². The highest BCUT2D eigenvalue weighted by atomic mass is 32.2. The third-order valence-electron chi connectivity index (χ3n) is 4.06. The Morgan fingerprint density at radius 1 is 1.28 bits per heavy atom. The minimum atomic E-state index is -0.592. The van der Waals surface area contributed by atoms with E-state index in [9.17, 15) is 8.78 Å². The Hall–Kier alpha value is -1.24. The molecule has 1 unspecified atom stereocenters. The maximum Gasteiger partial charge on any atom is 0.150 e. The van der Waals surface area contributed by atoms with Crippen molar-refractivity contribution in [1.82, 2.24) is 14.5 Å². The molecule has 1 saturated heterocycles. The number of rotatable bonds is 7. The molecule has 138 valence electrons. The first-order valence-electron chi connectivity index (χ1n) is 7.62. The van der Waals surface area contributed by atoms with E-state index < -0.39 is 11.6 Å². The first kappa shape index (κ1) is 18.5. The molecule has 7 nitrogen and oxygen atoms in total. The predicted octanol–water partition coefficient (Wildman–Crippen LogP) is 2.13. The highest BCUT2D eigenvalue weighted by Gasteiger charge is 2.27. The molecule has 2 aliphatic heterocycles. The third kappa shape index (κ3) is 4.49. The van der Waals surface area contributed by atoms with Gasteiger partial charge in [0.25, 0.3) is 0 Å². The van der Waals surface area contributed by atoms with Gasteiger partial charge in [-0.05, 0) is 25.1 Å². The summed E-state index contributed by atoms with van der Waals surface area (Å²) < 4.78 is 31.0. The molecule has 1 aromatic carbocycles. The number of thiol groups is 1. The molecule has 0 amide bonds. The van der Waals surface area contributed by atoms with Crippen molar-refractivity contribution in [3.8, 4) is 0 Å². The Morgan fingerprint density at radius 3 is 2.60 bits per heavy atom. The van der Waals surface area contributed by atoms with Gasteiger partial charge in [-0.15, -0.1) is 4.94 Å². The van der Waals surface area contributed by atoms with Crippen molar-refractivity contribution >= 4 is 36.3 Å². The summed E-state index contributed by atoms with van der Waals surface area (Å²) in [6, 6.07) is 2.63. The first-order chi connectivity index (χ1) is 11.8. The van der Waals surface area contributed by atoms with Gasteiger partial charge in [-0.25, -0.2) is 23.4 Å². The van der Waals surface area contributed by atoms with Crippen molar-refractivity contribution in [2.45, 2.75) is 12.5 Å². The zero-order valence-electron chi connectivity index (χ0n) is 13.8. The normalized spacial score (nSPS) is 19.4. The lowest BCUT2D eigenvalue weighted by Crippen LogP contribution is -2.32. The Balaban J connectivity index is 1.69. The minimum absolute atomic E-state index is 0.0456. The molecule has 25 heavy (non-hydrogen) atoms. The van der Waals surface area contributed by atoms with Gasteiger partial charge in [0.05, 0.1) is 35.9 Å². The van der Waals surface area contributed by atoms with Crippen LogP contribution in [0.15, 0.2) is 24.5 Å². The van der Waals surface area contributed by atoms with E-state index in [1.165, 1.54) is 11.1 Å². The lowest BCUT2D eigenvalue weighted by Gasteiger charge is -2.25. The molecule has 0 saturated carbocycles. The lowest BCUT2D eigenvalue weighted by molar-refractivity contribution is -0.206. The van der Waals surface area contributed by atoms with Crippen LogP contribution in [0.2, 0.25) is 0 Å². The number of hydrogen-bond donors (Lipinski definition) is 2. The molecule has 11 heteroatoms. The highest BCUT2D eigenvalue weighted by Crippen LogP contribution is 2.35. The zero-order valence-corrected chi connectivity index (χ0v) is 15.6. The second-order valence-corrected chi connectivity index (χ2v) is 7.55. The topological polar surface area (TPSA) is 51.2 Å². The van der Waals surface area contributed by atoms with Crippen LogP contribution < -0.4 is 14.5 Å². The maximum atomic E-state index is 14.5. The van der Waals surface area contributed by atoms with E-state index >= 15 is 0 Å². The third-order valence-corrected chi connectivity index (χ3v) is 5.07. The standard InChI is InChI=1S/C14H20F2N6OS2/c1-18(2)10-3-4-19(9-10)13-7-12(16)14(8-11(13)15)21(24)25-22(17)23-20-5-6-20/h5-8,10,24H,3-4,9,17H2,1-2H3. The van der Waals surface area contributed by atoms with Crippen molar-refractivity contribution in [1.29, 1.82) is 0 Å². The van der Waals surface area contributed by atoms with Gasteiger partial charge in [0.1, 0.15) is 5.82 Å². The van der Waals surface area contributed by atoms with Crippen LogP contribution in [0.25, 0.3) is 0 Å². The fourth-order valence-electron chi connectivity index (χ4n) is 2.61. The maximum absolute atomic E-state index is 14.5. The van der Waals surface area contributed by atoms with Crippen LogP contribution >= 0.6 is 24.9 Å². The zero-order chi connectivity index (χ0) is 18.1. The smallest absolute Gasteiger partial charge is 0.150 e. The molecule has 0 bridgehead atoms. The van der Waals surface area contributed by atoms with Gasteiger partial charge in [-0.2, -0.15) is 0 Å². The second kappa shape index (κ2) is 7.56. The van der Waals surface area contributed by atoms with Crippen LogP contribution in [0.4, 0.5) is 20.2 Å². The molecular formula is C14H20F2N6OS2. The largest absolute Gasteiger partial charge is 0.367 e. The summed E-state index contributed by atoms with van der Waals surface area (Å²) in [5, 5.41) is 1.35. The fraction of sp³-hybridized carbons (Fsp3) is 0.429. The van der Waals surface area contributed by atoms with Crippen LogP contribution in [0.5, 0.6) is 0 Å². The number of halogens is 2. The molecule has 0 aliphatic carbocycles. The number of likely N-dealkylation sites (N-methyl/N-ethyl adjacent to an activating group) is 1. The number of hydroxylamine groups is 2. The van der Waals surface area contributed by atoms with Crippen molar-refractivity contribution in [3.63, 3.8) is 0 Å². The quantitative estimate of drug-likeness (QED) is 0.318. The van der Waals surface area contributed by atoms with Crippen LogP contribution in [-0.4, -0.2) is 47.8 Å². The molecule has 0 radical (unpaired) electrons. The van der Waals surface area contributed by atoms with Crippen LogP contribution in [-0.2, 0) is 4.94 Å². The van der Waals surface area contributed by atoms with E-state index in [4.69, 9.17) is 10.8 Å². The van der Waals surface area contributed by atoms with Crippen molar-refractivity contribution in [2.24, 2.45) is 5.84 Å². The molecule has 2 heterocycles. The average molecular weight is 390 g/mol. The molecule has 1 atom stereocenters. The van der Waals surface area contributed by atoms with E-state index in [2.05, 4.69) is 17.7 Å². The summed E-state index contributed by atoms with van der Waals surface area (Å²) in [6.45, 7) is 1.35. The van der Waals surface area contributed by atoms with E-state index in [1.54, 1.807) is 12.4 Å². The molecule has 3 rings (SSSR count). The molecule has 2 aliphatic rings. The summed E-state index contributed by atoms with van der Waals surface area (Å²) >= 11 is 4.90. The highest BCUT2D eigenvalue weighted by molar-refractivity contribution is 8.09. The van der Waals surface area contributed by atoms with Crippen molar-refractivity contribution in [3.05, 3.63) is 36.2 Å². The van der Waals surface area contributed by atoms with Crippen molar-refractivity contribution < 1.29 is 13.7 Å². The average Bonchev–Trinajstić information content (AvgIpc) is 3.20. The summed E-state index contributed by atoms with van der Waals surface area (Å²) in [7, 11) is 3.97. The Kier molecular flexibility index (Phi) is 5.61. The SMILES string of the molecule is CN(C)C1CCN(c2cc(F)c(N(S)SN(N)ON3C=C3)cc2F)C1. The van der Waals surface area contributed by atoms with E-state index in [1.807, 2.05) is 19.0 Å². The minimum Gasteiger partial charge on any atom is -0.367 e. The van der Waals surface area contributed by atoms with Gasteiger partial charge in [0.15, 0.2) is 5.82 Å². The van der Waals surface area contributed by atoms with Gasteiger partial charge >= 0.3 is 0 Å². The van der Waals surface area contributed by atoms with Gasteiger partial charge in [-0.1, -0.05) is 12.8 Å². The number of nitrogens with two attached hydrogens (primary N) is 1. The predicted molar refractivity (Wildman–Crippen MR) is 97.8 cm³/mol. The Bertz CT molecular complexity index is 658. The van der Waals surface area contributed by atoms with Crippen LogP contribution in [0, 0.1) is 11.6 Å². The molecule has 0 spiro atoms. The summed E-state index contributed by atoms with van der Waals surface area (Å²) in [5.41, 5.74) is 0.210. The Labute approximate surface area is 155 Å². The molecule has 1 fully saturated rings. The number of nitrogens with zero attached hydrogens (tertiary/aromatic N) is 5. The molecular weight excluding hydrogens is 370 g/mol. The summed E-state index contributed by atoms with van der Waals surface area (Å²) in [6.07, 6.45) is 4.18. The molecule has 0 aromatic heterocycles. The monoisotopic (exact) mass is 390 g/mol. The van der Waals surface area contributed by atoms with Crippen molar-refractivity contribution in [2.75, 3.05) is 35.8 Å². The number of anilines is 2. The molecule has 1 aromatic rings.